The van der Waals surface area contributed by atoms with E-state index >= 15 is 0 Å². The number of amides is 1. The van der Waals surface area contributed by atoms with Gasteiger partial charge in [-0.1, -0.05) is 11.3 Å². The van der Waals surface area contributed by atoms with E-state index in [0.29, 0.717) is 47.0 Å². The van der Waals surface area contributed by atoms with Crippen LogP contribution in [0.3, 0.4) is 0 Å². The molecule has 0 aromatic carbocycles. The molecule has 30 heavy (non-hydrogen) atoms. The summed E-state index contributed by atoms with van der Waals surface area (Å²) in [6, 6.07) is 3.60. The molecular formula is C20H26F2N4O3S. The van der Waals surface area contributed by atoms with Crippen molar-refractivity contribution < 1.29 is 23.0 Å². The number of fused-ring (bicyclic) bond motifs is 1. The minimum atomic E-state index is -2.65. The van der Waals surface area contributed by atoms with E-state index in [1.165, 1.54) is 18.3 Å². The number of pyridine rings is 1. The van der Waals surface area contributed by atoms with Crippen LogP contribution in [0.5, 0.6) is 5.88 Å². The normalized spacial score (nSPS) is 23.9. The molecule has 1 aliphatic heterocycles. The molecule has 1 saturated heterocycles. The Morgan fingerprint density at radius 3 is 2.90 bits per heavy atom. The maximum atomic E-state index is 13.5. The van der Waals surface area contributed by atoms with Gasteiger partial charge in [0, 0.05) is 32.0 Å². The standard InChI is InChI=1S/C20H26F2N4O3S/c1-12(23-13(2)27)9-28-15-7-14(8-15)10-29-17-4-3-16-18(25-17)30-19(24-16)26-6-5-20(21,22)11-26/h3-4,12,14-15H,5-11H2,1-2H3,(H,23,27)/t12-,14?,15?/m0/s1. The largest absolute Gasteiger partial charge is 0.477 e. The molecule has 1 amide bonds. The second-order valence-electron chi connectivity index (χ2n) is 8.20. The molecular weight excluding hydrogens is 414 g/mol. The van der Waals surface area contributed by atoms with Gasteiger partial charge in [0.15, 0.2) is 5.13 Å². The number of halogens is 2. The third-order valence-corrected chi connectivity index (χ3v) is 6.38. The van der Waals surface area contributed by atoms with Crippen molar-refractivity contribution in [3.8, 4) is 5.88 Å². The van der Waals surface area contributed by atoms with Crippen molar-refractivity contribution in [1.82, 2.24) is 15.3 Å². The molecule has 0 spiro atoms. The minimum Gasteiger partial charge on any atom is -0.477 e. The Kier molecular flexibility index (Phi) is 6.06. The number of anilines is 1. The smallest absolute Gasteiger partial charge is 0.267 e. The van der Waals surface area contributed by atoms with E-state index in [4.69, 9.17) is 9.47 Å². The summed E-state index contributed by atoms with van der Waals surface area (Å²) in [5, 5.41) is 3.38. The van der Waals surface area contributed by atoms with Crippen LogP contribution in [0.4, 0.5) is 13.9 Å². The molecule has 164 valence electrons. The quantitative estimate of drug-likeness (QED) is 0.679. The van der Waals surface area contributed by atoms with E-state index in [-0.39, 0.29) is 31.0 Å². The molecule has 2 fully saturated rings. The first-order valence-electron chi connectivity index (χ1n) is 10.2. The van der Waals surface area contributed by atoms with Crippen LogP contribution in [0.25, 0.3) is 10.3 Å². The average Bonchev–Trinajstić information content (AvgIpc) is 3.21. The Hall–Kier alpha value is -2.07. The first kappa shape index (κ1) is 21.2. The number of hydrogen-bond acceptors (Lipinski definition) is 7. The number of nitrogens with zero attached hydrogens (tertiary/aromatic N) is 3. The number of thiazole rings is 1. The number of hydrogen-bond donors (Lipinski definition) is 1. The molecule has 1 aliphatic carbocycles. The topological polar surface area (TPSA) is 76.6 Å². The van der Waals surface area contributed by atoms with E-state index < -0.39 is 5.92 Å². The van der Waals surface area contributed by atoms with Gasteiger partial charge in [0.2, 0.25) is 11.8 Å². The summed E-state index contributed by atoms with van der Waals surface area (Å²) in [5.74, 6) is -1.77. The maximum absolute atomic E-state index is 13.5. The highest BCUT2D eigenvalue weighted by Gasteiger charge is 2.39. The van der Waals surface area contributed by atoms with Crippen molar-refractivity contribution >= 4 is 32.7 Å². The molecule has 3 heterocycles. The number of aromatic nitrogens is 2. The fraction of sp³-hybridized carbons (Fsp3) is 0.650. The molecule has 0 unspecified atom stereocenters. The van der Waals surface area contributed by atoms with Gasteiger partial charge >= 0.3 is 0 Å². The number of ether oxygens (including phenoxy) is 2. The van der Waals surface area contributed by atoms with Gasteiger partial charge in [-0.2, -0.15) is 0 Å². The van der Waals surface area contributed by atoms with Gasteiger partial charge in [0.1, 0.15) is 10.3 Å². The van der Waals surface area contributed by atoms with E-state index in [2.05, 4.69) is 15.3 Å². The first-order chi connectivity index (χ1) is 14.3. The summed E-state index contributed by atoms with van der Waals surface area (Å²) in [5.41, 5.74) is 0.697. The highest BCUT2D eigenvalue weighted by atomic mass is 32.1. The maximum Gasteiger partial charge on any atom is 0.267 e. The molecule has 4 rings (SSSR count). The summed E-state index contributed by atoms with van der Waals surface area (Å²) >= 11 is 1.32. The van der Waals surface area contributed by atoms with Gasteiger partial charge in [0.05, 0.1) is 25.9 Å². The first-order valence-corrected chi connectivity index (χ1v) is 11.0. The fourth-order valence-electron chi connectivity index (χ4n) is 3.72. The molecule has 2 aliphatic rings. The second kappa shape index (κ2) is 8.58. The fourth-order valence-corrected chi connectivity index (χ4v) is 4.68. The van der Waals surface area contributed by atoms with Gasteiger partial charge in [-0.05, 0) is 31.7 Å². The van der Waals surface area contributed by atoms with E-state index in [0.717, 1.165) is 12.8 Å². The van der Waals surface area contributed by atoms with Gasteiger partial charge in [-0.3, -0.25) is 4.79 Å². The molecule has 1 saturated carbocycles. The zero-order valence-electron chi connectivity index (χ0n) is 17.1. The van der Waals surface area contributed by atoms with Crippen molar-refractivity contribution in [2.75, 3.05) is 31.2 Å². The van der Waals surface area contributed by atoms with Crippen molar-refractivity contribution in [3.63, 3.8) is 0 Å². The van der Waals surface area contributed by atoms with Crippen LogP contribution in [-0.2, 0) is 9.53 Å². The lowest BCUT2D eigenvalue weighted by Crippen LogP contribution is -2.40. The summed E-state index contributed by atoms with van der Waals surface area (Å²) in [4.78, 5) is 22.2. The van der Waals surface area contributed by atoms with Crippen LogP contribution in [0.2, 0.25) is 0 Å². The number of carbonyl (C=O) groups is 1. The summed E-state index contributed by atoms with van der Waals surface area (Å²) in [7, 11) is 0. The zero-order valence-corrected chi connectivity index (χ0v) is 17.9. The highest BCUT2D eigenvalue weighted by Crippen LogP contribution is 2.36. The summed E-state index contributed by atoms with van der Waals surface area (Å²) in [6.45, 7) is 4.50. The Balaban J connectivity index is 1.23. The van der Waals surface area contributed by atoms with Crippen LogP contribution in [0.1, 0.15) is 33.1 Å². The Morgan fingerprint density at radius 2 is 2.20 bits per heavy atom. The highest BCUT2D eigenvalue weighted by molar-refractivity contribution is 7.21. The molecule has 10 heteroatoms. The average molecular weight is 441 g/mol. The Bertz CT molecular complexity index is 903. The number of carbonyl (C=O) groups excluding carboxylic acids is 1. The van der Waals surface area contributed by atoms with Gasteiger partial charge in [-0.25, -0.2) is 18.7 Å². The van der Waals surface area contributed by atoms with Crippen molar-refractivity contribution in [1.29, 1.82) is 0 Å². The van der Waals surface area contributed by atoms with Crippen LogP contribution in [0.15, 0.2) is 12.1 Å². The lowest BCUT2D eigenvalue weighted by atomic mass is 9.83. The van der Waals surface area contributed by atoms with Crippen molar-refractivity contribution in [3.05, 3.63) is 12.1 Å². The Morgan fingerprint density at radius 1 is 1.40 bits per heavy atom. The monoisotopic (exact) mass is 440 g/mol. The van der Waals surface area contributed by atoms with E-state index in [1.807, 2.05) is 13.0 Å². The van der Waals surface area contributed by atoms with Gasteiger partial charge in [0.25, 0.3) is 5.92 Å². The second-order valence-corrected chi connectivity index (χ2v) is 9.16. The lowest BCUT2D eigenvalue weighted by Gasteiger charge is -2.35. The van der Waals surface area contributed by atoms with E-state index in [9.17, 15) is 13.6 Å². The predicted molar refractivity (Wildman–Crippen MR) is 110 cm³/mol. The molecule has 0 bridgehead atoms. The van der Waals surface area contributed by atoms with Crippen LogP contribution in [0, 0.1) is 5.92 Å². The number of rotatable bonds is 8. The molecule has 1 atom stereocenters. The third-order valence-electron chi connectivity index (χ3n) is 5.35. The summed E-state index contributed by atoms with van der Waals surface area (Å²) in [6.07, 6.45) is 1.90. The molecule has 2 aromatic heterocycles. The van der Waals surface area contributed by atoms with Crippen molar-refractivity contribution in [2.24, 2.45) is 5.92 Å². The Labute approximate surface area is 177 Å². The summed E-state index contributed by atoms with van der Waals surface area (Å²) < 4.78 is 38.5. The zero-order chi connectivity index (χ0) is 21.3. The van der Waals surface area contributed by atoms with E-state index in [1.54, 1.807) is 11.0 Å². The predicted octanol–water partition coefficient (Wildman–Crippen LogP) is 3.24. The number of alkyl halides is 2. The van der Waals surface area contributed by atoms with Crippen molar-refractivity contribution in [2.45, 2.75) is 51.2 Å². The molecule has 0 radical (unpaired) electrons. The number of nitrogens with one attached hydrogen (secondary N) is 1. The van der Waals surface area contributed by atoms with Gasteiger partial charge < -0.3 is 19.7 Å². The van der Waals surface area contributed by atoms with Crippen LogP contribution in [-0.4, -0.2) is 60.2 Å². The molecule has 2 aromatic rings. The lowest BCUT2D eigenvalue weighted by molar-refractivity contribution is -0.120. The SMILES string of the molecule is CC(=O)N[C@@H](C)COC1CC(COc2ccc3nc(N4CCC(F)(F)C4)sc3n2)C1. The molecule has 1 N–H and O–H groups in total. The minimum absolute atomic E-state index is 0.00445. The van der Waals surface area contributed by atoms with Crippen LogP contribution >= 0.6 is 11.3 Å². The third kappa shape index (κ3) is 5.15. The molecule has 7 nitrogen and oxygen atoms in total. The van der Waals surface area contributed by atoms with Gasteiger partial charge in [-0.15, -0.1) is 0 Å². The van der Waals surface area contributed by atoms with Crippen LogP contribution < -0.4 is 15.0 Å².